The van der Waals surface area contributed by atoms with Crippen molar-refractivity contribution in [1.82, 2.24) is 10.1 Å². The third kappa shape index (κ3) is 1.70. The lowest BCUT2D eigenvalue weighted by atomic mass is 10.2. The molecule has 0 aliphatic rings. The summed E-state index contributed by atoms with van der Waals surface area (Å²) in [6.45, 7) is 1.86. The van der Waals surface area contributed by atoms with Crippen LogP contribution in [0.25, 0.3) is 0 Å². The molecule has 5 heteroatoms. The number of anilines is 1. The minimum atomic E-state index is 0.0276. The van der Waals surface area contributed by atoms with E-state index in [9.17, 15) is 0 Å². The first-order chi connectivity index (χ1) is 4.68. The molecule has 0 aliphatic heterocycles. The van der Waals surface area contributed by atoms with Gasteiger partial charge in [-0.3, -0.25) is 0 Å². The van der Waals surface area contributed by atoms with E-state index in [-0.39, 0.29) is 12.0 Å². The van der Waals surface area contributed by atoms with E-state index < -0.39 is 0 Å². The summed E-state index contributed by atoms with van der Waals surface area (Å²) >= 11 is 0. The first kappa shape index (κ1) is 7.01. The van der Waals surface area contributed by atoms with Crippen molar-refractivity contribution in [3.63, 3.8) is 0 Å². The van der Waals surface area contributed by atoms with E-state index in [2.05, 4.69) is 10.1 Å². The minimum absolute atomic E-state index is 0.0276. The van der Waals surface area contributed by atoms with Gasteiger partial charge in [-0.15, -0.1) is 0 Å². The van der Waals surface area contributed by atoms with Crippen molar-refractivity contribution in [2.24, 2.45) is 5.73 Å². The van der Waals surface area contributed by atoms with Gasteiger partial charge in [0, 0.05) is 12.5 Å². The SMILES string of the molecule is CC(N)Cc1nc(N)no1. The van der Waals surface area contributed by atoms with E-state index >= 15 is 0 Å². The van der Waals surface area contributed by atoms with Gasteiger partial charge in [0.05, 0.1) is 0 Å². The summed E-state index contributed by atoms with van der Waals surface area (Å²) in [6.07, 6.45) is 0.574. The van der Waals surface area contributed by atoms with E-state index in [0.717, 1.165) is 0 Å². The van der Waals surface area contributed by atoms with E-state index in [0.29, 0.717) is 12.3 Å². The number of nitrogens with zero attached hydrogens (tertiary/aromatic N) is 2. The van der Waals surface area contributed by atoms with Crippen LogP contribution in [0.15, 0.2) is 4.52 Å². The highest BCUT2D eigenvalue weighted by Gasteiger charge is 2.04. The Morgan fingerprint density at radius 2 is 2.40 bits per heavy atom. The highest BCUT2D eigenvalue weighted by molar-refractivity contribution is 5.10. The highest BCUT2D eigenvalue weighted by Crippen LogP contribution is 1.99. The molecule has 1 heterocycles. The van der Waals surface area contributed by atoms with Gasteiger partial charge in [0.1, 0.15) is 0 Å². The maximum Gasteiger partial charge on any atom is 0.260 e. The zero-order chi connectivity index (χ0) is 7.56. The van der Waals surface area contributed by atoms with E-state index in [1.165, 1.54) is 0 Å². The molecule has 0 fully saturated rings. The topological polar surface area (TPSA) is 91.0 Å². The fourth-order valence-corrected chi connectivity index (χ4v) is 0.626. The van der Waals surface area contributed by atoms with Gasteiger partial charge >= 0.3 is 0 Å². The molecule has 1 aromatic rings. The van der Waals surface area contributed by atoms with Crippen LogP contribution in [0, 0.1) is 0 Å². The second kappa shape index (κ2) is 2.66. The predicted molar refractivity (Wildman–Crippen MR) is 36.1 cm³/mol. The first-order valence-corrected chi connectivity index (χ1v) is 3.02. The second-order valence-corrected chi connectivity index (χ2v) is 2.23. The van der Waals surface area contributed by atoms with Crippen LogP contribution in [-0.4, -0.2) is 16.2 Å². The Kier molecular flexibility index (Phi) is 1.86. The minimum Gasteiger partial charge on any atom is -0.365 e. The highest BCUT2D eigenvalue weighted by atomic mass is 16.5. The van der Waals surface area contributed by atoms with Crippen molar-refractivity contribution in [1.29, 1.82) is 0 Å². The molecule has 0 saturated carbocycles. The predicted octanol–water partition coefficient (Wildman–Crippen LogP) is -0.459. The zero-order valence-electron chi connectivity index (χ0n) is 5.74. The van der Waals surface area contributed by atoms with Gasteiger partial charge in [0.15, 0.2) is 0 Å². The van der Waals surface area contributed by atoms with Crippen molar-refractivity contribution in [2.45, 2.75) is 19.4 Å². The Bertz CT molecular complexity index is 207. The molecule has 56 valence electrons. The van der Waals surface area contributed by atoms with Crippen LogP contribution < -0.4 is 11.5 Å². The van der Waals surface area contributed by atoms with Gasteiger partial charge in [-0.05, 0) is 12.1 Å². The maximum absolute atomic E-state index is 5.47. The molecule has 0 amide bonds. The van der Waals surface area contributed by atoms with Crippen LogP contribution in [0.5, 0.6) is 0 Å². The Hall–Kier alpha value is -1.10. The summed E-state index contributed by atoms with van der Waals surface area (Å²) in [7, 11) is 0. The normalized spacial score (nSPS) is 13.4. The van der Waals surface area contributed by atoms with Gasteiger partial charge in [0.25, 0.3) is 5.95 Å². The summed E-state index contributed by atoms with van der Waals surface area (Å²) in [5.74, 6) is 0.656. The smallest absolute Gasteiger partial charge is 0.260 e. The molecule has 0 aromatic carbocycles. The monoisotopic (exact) mass is 142 g/mol. The Morgan fingerprint density at radius 1 is 1.70 bits per heavy atom. The molecule has 1 rings (SSSR count). The molecule has 1 aromatic heterocycles. The van der Waals surface area contributed by atoms with Crippen molar-refractivity contribution >= 4 is 5.95 Å². The van der Waals surface area contributed by atoms with E-state index in [1.807, 2.05) is 6.92 Å². The molecule has 0 saturated heterocycles. The Labute approximate surface area is 58.4 Å². The zero-order valence-corrected chi connectivity index (χ0v) is 5.74. The second-order valence-electron chi connectivity index (χ2n) is 2.23. The Morgan fingerprint density at radius 3 is 2.80 bits per heavy atom. The van der Waals surface area contributed by atoms with Crippen LogP contribution in [0.4, 0.5) is 5.95 Å². The number of nitrogen functional groups attached to an aromatic ring is 1. The molecule has 0 spiro atoms. The van der Waals surface area contributed by atoms with E-state index in [4.69, 9.17) is 16.0 Å². The van der Waals surface area contributed by atoms with Crippen LogP contribution in [0.2, 0.25) is 0 Å². The summed E-state index contributed by atoms with van der Waals surface area (Å²) in [6, 6.07) is 0.0276. The molecule has 5 nitrogen and oxygen atoms in total. The lowest BCUT2D eigenvalue weighted by Gasteiger charge is -1.96. The van der Waals surface area contributed by atoms with Crippen molar-refractivity contribution in [2.75, 3.05) is 5.73 Å². The third-order valence-corrected chi connectivity index (χ3v) is 0.980. The summed E-state index contributed by atoms with van der Waals surface area (Å²) in [4.78, 5) is 3.77. The number of hydrogen-bond acceptors (Lipinski definition) is 5. The maximum atomic E-state index is 5.47. The quantitative estimate of drug-likeness (QED) is 0.583. The number of aromatic nitrogens is 2. The molecular weight excluding hydrogens is 132 g/mol. The number of rotatable bonds is 2. The van der Waals surface area contributed by atoms with Crippen LogP contribution in [0.3, 0.4) is 0 Å². The lowest BCUT2D eigenvalue weighted by molar-refractivity contribution is 0.372. The van der Waals surface area contributed by atoms with Crippen LogP contribution in [0.1, 0.15) is 12.8 Å². The molecule has 4 N–H and O–H groups in total. The van der Waals surface area contributed by atoms with Gasteiger partial charge in [-0.1, -0.05) is 0 Å². The molecule has 10 heavy (non-hydrogen) atoms. The molecular formula is C5H10N4O. The molecule has 1 unspecified atom stereocenters. The van der Waals surface area contributed by atoms with Crippen LogP contribution >= 0.6 is 0 Å². The van der Waals surface area contributed by atoms with Gasteiger partial charge in [0.2, 0.25) is 5.89 Å². The molecule has 0 aliphatic carbocycles. The number of nitrogens with two attached hydrogens (primary N) is 2. The summed E-state index contributed by atoms with van der Waals surface area (Å²) in [5, 5.41) is 3.41. The molecule has 0 bridgehead atoms. The molecule has 0 radical (unpaired) electrons. The van der Waals surface area contributed by atoms with Gasteiger partial charge in [-0.2, -0.15) is 4.98 Å². The van der Waals surface area contributed by atoms with Crippen molar-refractivity contribution < 1.29 is 4.52 Å². The summed E-state index contributed by atoms with van der Waals surface area (Å²) in [5.41, 5.74) is 10.7. The largest absolute Gasteiger partial charge is 0.365 e. The van der Waals surface area contributed by atoms with Crippen molar-refractivity contribution in [3.8, 4) is 0 Å². The van der Waals surface area contributed by atoms with Gasteiger partial charge in [-0.25, -0.2) is 0 Å². The van der Waals surface area contributed by atoms with Gasteiger partial charge < -0.3 is 16.0 Å². The standard InChI is InChI=1S/C5H10N4O/c1-3(6)2-4-8-5(7)9-10-4/h3H,2,6H2,1H3,(H2,7,9). The fraction of sp³-hybridized carbons (Fsp3) is 0.600. The fourth-order valence-electron chi connectivity index (χ4n) is 0.626. The Balaban J connectivity index is 2.58. The first-order valence-electron chi connectivity index (χ1n) is 3.02. The number of hydrogen-bond donors (Lipinski definition) is 2. The third-order valence-electron chi connectivity index (χ3n) is 0.980. The lowest BCUT2D eigenvalue weighted by Crippen LogP contribution is -2.17. The van der Waals surface area contributed by atoms with E-state index in [1.54, 1.807) is 0 Å². The summed E-state index contributed by atoms with van der Waals surface area (Å²) < 4.78 is 4.71. The average molecular weight is 142 g/mol. The molecule has 1 atom stereocenters. The van der Waals surface area contributed by atoms with Crippen molar-refractivity contribution in [3.05, 3.63) is 5.89 Å². The van der Waals surface area contributed by atoms with Crippen LogP contribution in [-0.2, 0) is 6.42 Å². The average Bonchev–Trinajstić information content (AvgIpc) is 2.13.